The number of aliphatic hydroxyl groups is 1. The van der Waals surface area contributed by atoms with Gasteiger partial charge < -0.3 is 9.84 Å². The number of aromatic nitrogens is 2. The van der Waals surface area contributed by atoms with Crippen LogP contribution in [-0.4, -0.2) is 21.7 Å². The maximum atomic E-state index is 8.84. The first-order valence-corrected chi connectivity index (χ1v) is 5.46. The molecule has 0 saturated heterocycles. The molecule has 0 fully saturated rings. The summed E-state index contributed by atoms with van der Waals surface area (Å²) in [5.41, 5.74) is 1.79. The molecule has 0 aliphatic heterocycles. The third kappa shape index (κ3) is 3.53. The molecule has 2 aromatic rings. The molecule has 1 N–H and O–H groups in total. The van der Waals surface area contributed by atoms with Crippen molar-refractivity contribution in [2.75, 3.05) is 6.61 Å². The fourth-order valence-electron chi connectivity index (χ4n) is 1.42. The molecule has 0 bridgehead atoms. The normalized spacial score (nSPS) is 10.2. The molecule has 0 atom stereocenters. The Labute approximate surface area is 99.9 Å². The van der Waals surface area contributed by atoms with Gasteiger partial charge in [-0.1, -0.05) is 6.07 Å². The molecule has 2 aromatic heterocycles. The molecule has 0 spiro atoms. The predicted molar refractivity (Wildman–Crippen MR) is 63.6 cm³/mol. The van der Waals surface area contributed by atoms with Gasteiger partial charge in [0.1, 0.15) is 5.75 Å². The standard InChI is InChI=1S/C13H14N2O2/c16-10-12-3-4-13(9-15-12)17-7-5-11-2-1-6-14-8-11/h1-4,6,8-9,16H,5,7,10H2. The van der Waals surface area contributed by atoms with Crippen LogP contribution in [0.2, 0.25) is 0 Å². The lowest BCUT2D eigenvalue weighted by molar-refractivity contribution is 0.275. The number of nitrogens with zero attached hydrogens (tertiary/aromatic N) is 2. The first-order chi connectivity index (χ1) is 8.38. The molecule has 0 saturated carbocycles. The molecule has 4 nitrogen and oxygen atoms in total. The van der Waals surface area contributed by atoms with Crippen molar-refractivity contribution < 1.29 is 9.84 Å². The SMILES string of the molecule is OCc1ccc(OCCc2cccnc2)cn1. The predicted octanol–water partition coefficient (Wildman–Crippen LogP) is 1.59. The van der Waals surface area contributed by atoms with E-state index in [1.54, 1.807) is 18.5 Å². The van der Waals surface area contributed by atoms with E-state index in [0.29, 0.717) is 18.1 Å². The van der Waals surface area contributed by atoms with Crippen molar-refractivity contribution in [2.45, 2.75) is 13.0 Å². The lowest BCUT2D eigenvalue weighted by Crippen LogP contribution is -2.02. The number of hydrogen-bond acceptors (Lipinski definition) is 4. The van der Waals surface area contributed by atoms with E-state index in [1.165, 1.54) is 0 Å². The molecule has 0 amide bonds. The summed E-state index contributed by atoms with van der Waals surface area (Å²) < 4.78 is 5.54. The average Bonchev–Trinajstić information content (AvgIpc) is 2.41. The summed E-state index contributed by atoms with van der Waals surface area (Å²) in [6, 6.07) is 7.48. The van der Waals surface area contributed by atoms with E-state index in [4.69, 9.17) is 9.84 Å². The van der Waals surface area contributed by atoms with Crippen LogP contribution in [0.25, 0.3) is 0 Å². The zero-order chi connectivity index (χ0) is 11.9. The topological polar surface area (TPSA) is 55.2 Å². The smallest absolute Gasteiger partial charge is 0.137 e. The molecular formula is C13H14N2O2. The Bertz CT molecular complexity index is 443. The highest BCUT2D eigenvalue weighted by Gasteiger charge is 1.97. The van der Waals surface area contributed by atoms with Gasteiger partial charge in [-0.3, -0.25) is 9.97 Å². The van der Waals surface area contributed by atoms with Gasteiger partial charge in [0.05, 0.1) is 25.1 Å². The van der Waals surface area contributed by atoms with Crippen LogP contribution >= 0.6 is 0 Å². The Morgan fingerprint density at radius 3 is 2.76 bits per heavy atom. The van der Waals surface area contributed by atoms with Crippen molar-refractivity contribution in [1.29, 1.82) is 0 Å². The van der Waals surface area contributed by atoms with E-state index in [9.17, 15) is 0 Å². The largest absolute Gasteiger partial charge is 0.492 e. The van der Waals surface area contributed by atoms with Crippen molar-refractivity contribution in [2.24, 2.45) is 0 Å². The number of rotatable bonds is 5. The minimum Gasteiger partial charge on any atom is -0.492 e. The van der Waals surface area contributed by atoms with Gasteiger partial charge in [-0.15, -0.1) is 0 Å². The maximum absolute atomic E-state index is 8.84. The van der Waals surface area contributed by atoms with Gasteiger partial charge in [0.2, 0.25) is 0 Å². The highest BCUT2D eigenvalue weighted by Crippen LogP contribution is 2.09. The minimum absolute atomic E-state index is 0.0457. The third-order valence-electron chi connectivity index (χ3n) is 2.34. The van der Waals surface area contributed by atoms with E-state index in [1.807, 2.05) is 24.4 Å². The average molecular weight is 230 g/mol. The van der Waals surface area contributed by atoms with Gasteiger partial charge in [0.25, 0.3) is 0 Å². The number of hydrogen-bond donors (Lipinski definition) is 1. The minimum atomic E-state index is -0.0457. The number of pyridine rings is 2. The van der Waals surface area contributed by atoms with Crippen molar-refractivity contribution >= 4 is 0 Å². The van der Waals surface area contributed by atoms with Crippen LogP contribution in [-0.2, 0) is 13.0 Å². The summed E-state index contributed by atoms with van der Waals surface area (Å²) in [4.78, 5) is 8.07. The highest BCUT2D eigenvalue weighted by atomic mass is 16.5. The van der Waals surface area contributed by atoms with E-state index < -0.39 is 0 Å². The maximum Gasteiger partial charge on any atom is 0.137 e. The van der Waals surface area contributed by atoms with Crippen LogP contribution in [0.15, 0.2) is 42.9 Å². The van der Waals surface area contributed by atoms with E-state index in [2.05, 4.69) is 9.97 Å². The van der Waals surface area contributed by atoms with Crippen LogP contribution in [0, 0.1) is 0 Å². The highest BCUT2D eigenvalue weighted by molar-refractivity contribution is 5.19. The Balaban J connectivity index is 1.82. The van der Waals surface area contributed by atoms with Crippen LogP contribution in [0.4, 0.5) is 0 Å². The Morgan fingerprint density at radius 2 is 2.12 bits per heavy atom. The van der Waals surface area contributed by atoms with Crippen LogP contribution in [0.3, 0.4) is 0 Å². The van der Waals surface area contributed by atoms with Crippen LogP contribution < -0.4 is 4.74 Å². The number of ether oxygens (including phenoxy) is 1. The first-order valence-electron chi connectivity index (χ1n) is 5.46. The zero-order valence-electron chi connectivity index (χ0n) is 9.41. The quantitative estimate of drug-likeness (QED) is 0.847. The molecule has 2 rings (SSSR count). The Kier molecular flexibility index (Phi) is 4.05. The fraction of sp³-hybridized carbons (Fsp3) is 0.231. The summed E-state index contributed by atoms with van der Waals surface area (Å²) in [5.74, 6) is 0.714. The first kappa shape index (κ1) is 11.5. The second-order valence-electron chi connectivity index (χ2n) is 3.60. The lowest BCUT2D eigenvalue weighted by atomic mass is 10.2. The van der Waals surface area contributed by atoms with Crippen molar-refractivity contribution in [3.63, 3.8) is 0 Å². The van der Waals surface area contributed by atoms with Crippen LogP contribution in [0.1, 0.15) is 11.3 Å². The van der Waals surface area contributed by atoms with Gasteiger partial charge >= 0.3 is 0 Å². The summed E-state index contributed by atoms with van der Waals surface area (Å²) in [6.07, 6.45) is 6.02. The molecule has 0 unspecified atom stereocenters. The van der Waals surface area contributed by atoms with E-state index in [0.717, 1.165) is 12.0 Å². The molecular weight excluding hydrogens is 216 g/mol. The molecule has 0 aromatic carbocycles. The fourth-order valence-corrected chi connectivity index (χ4v) is 1.42. The molecule has 88 valence electrons. The summed E-state index contributed by atoms with van der Waals surface area (Å²) in [6.45, 7) is 0.543. The van der Waals surface area contributed by atoms with Gasteiger partial charge in [-0.25, -0.2) is 0 Å². The van der Waals surface area contributed by atoms with Gasteiger partial charge in [0.15, 0.2) is 0 Å². The molecule has 17 heavy (non-hydrogen) atoms. The van der Waals surface area contributed by atoms with Crippen LogP contribution in [0.5, 0.6) is 5.75 Å². The Morgan fingerprint density at radius 1 is 1.18 bits per heavy atom. The van der Waals surface area contributed by atoms with Crippen molar-refractivity contribution in [3.8, 4) is 5.75 Å². The zero-order valence-corrected chi connectivity index (χ0v) is 9.41. The van der Waals surface area contributed by atoms with Gasteiger partial charge in [-0.2, -0.15) is 0 Å². The Hall–Kier alpha value is -1.94. The number of aliphatic hydroxyl groups excluding tert-OH is 1. The van der Waals surface area contributed by atoms with E-state index >= 15 is 0 Å². The molecule has 0 radical (unpaired) electrons. The van der Waals surface area contributed by atoms with Gasteiger partial charge in [0, 0.05) is 18.8 Å². The monoisotopic (exact) mass is 230 g/mol. The molecule has 0 aliphatic carbocycles. The van der Waals surface area contributed by atoms with Crippen molar-refractivity contribution in [1.82, 2.24) is 9.97 Å². The molecule has 2 heterocycles. The summed E-state index contributed by atoms with van der Waals surface area (Å²) in [5, 5.41) is 8.84. The second-order valence-corrected chi connectivity index (χ2v) is 3.60. The van der Waals surface area contributed by atoms with Crippen molar-refractivity contribution in [3.05, 3.63) is 54.1 Å². The molecule has 0 aliphatic rings. The summed E-state index contributed by atoms with van der Waals surface area (Å²) >= 11 is 0. The summed E-state index contributed by atoms with van der Waals surface area (Å²) in [7, 11) is 0. The molecule has 4 heteroatoms. The van der Waals surface area contributed by atoms with E-state index in [-0.39, 0.29) is 6.61 Å². The van der Waals surface area contributed by atoms with Gasteiger partial charge in [-0.05, 0) is 23.8 Å². The second kappa shape index (κ2) is 5.96. The third-order valence-corrected chi connectivity index (χ3v) is 2.34. The lowest BCUT2D eigenvalue weighted by Gasteiger charge is -2.05.